The van der Waals surface area contributed by atoms with Crippen molar-refractivity contribution >= 4 is 0 Å². The zero-order valence-corrected chi connectivity index (χ0v) is 11.7. The van der Waals surface area contributed by atoms with Crippen LogP contribution in [0.5, 0.6) is 0 Å². The van der Waals surface area contributed by atoms with Crippen LogP contribution in [0.25, 0.3) is 0 Å². The molecule has 2 rings (SSSR count). The van der Waals surface area contributed by atoms with Gasteiger partial charge in [-0.1, -0.05) is 32.6 Å². The minimum absolute atomic E-state index is 0.214. The molecule has 1 unspecified atom stereocenters. The zero-order valence-electron chi connectivity index (χ0n) is 11.7. The molecule has 1 saturated carbocycles. The lowest BCUT2D eigenvalue weighted by molar-refractivity contribution is 0.0707. The van der Waals surface area contributed by atoms with Gasteiger partial charge in [-0.25, -0.2) is 4.98 Å². The number of aromatic nitrogens is 2. The van der Waals surface area contributed by atoms with Crippen molar-refractivity contribution in [2.45, 2.75) is 58.0 Å². The highest BCUT2D eigenvalue weighted by atomic mass is 16.3. The highest BCUT2D eigenvalue weighted by Crippen LogP contribution is 2.33. The first kappa shape index (κ1) is 13.6. The molecule has 0 radical (unpaired) electrons. The van der Waals surface area contributed by atoms with Crippen molar-refractivity contribution in [1.82, 2.24) is 9.55 Å². The van der Waals surface area contributed by atoms with E-state index in [2.05, 4.69) is 11.9 Å². The molecule has 3 nitrogen and oxygen atoms in total. The number of hydrogen-bond acceptors (Lipinski definition) is 2. The molecule has 18 heavy (non-hydrogen) atoms. The van der Waals surface area contributed by atoms with Gasteiger partial charge < -0.3 is 9.67 Å². The van der Waals surface area contributed by atoms with Crippen LogP contribution >= 0.6 is 0 Å². The van der Waals surface area contributed by atoms with Gasteiger partial charge in [-0.15, -0.1) is 0 Å². The number of aliphatic hydroxyl groups excluding tert-OH is 1. The molecule has 1 aliphatic rings. The number of aryl methyl sites for hydroxylation is 1. The molecule has 102 valence electrons. The Morgan fingerprint density at radius 3 is 2.67 bits per heavy atom. The fraction of sp³-hybridized carbons (Fsp3) is 0.800. The van der Waals surface area contributed by atoms with E-state index in [0.717, 1.165) is 11.7 Å². The molecule has 0 aliphatic heterocycles. The molecule has 1 aromatic rings. The monoisotopic (exact) mass is 250 g/mol. The Labute approximate surface area is 110 Å². The lowest BCUT2D eigenvalue weighted by Gasteiger charge is -2.31. The second-order valence-electron chi connectivity index (χ2n) is 5.80. The molecule has 1 N–H and O–H groups in total. The van der Waals surface area contributed by atoms with E-state index < -0.39 is 0 Å². The average molecular weight is 250 g/mol. The molecule has 0 bridgehead atoms. The lowest BCUT2D eigenvalue weighted by atomic mass is 9.77. The third-order valence-corrected chi connectivity index (χ3v) is 4.45. The largest absolute Gasteiger partial charge is 0.392 e. The number of aliphatic hydroxyl groups is 1. The number of imidazole rings is 1. The first-order chi connectivity index (χ1) is 8.70. The fourth-order valence-corrected chi connectivity index (χ4v) is 3.22. The normalized spacial score (nSPS) is 26.2. The molecular weight excluding hydrogens is 224 g/mol. The Hall–Kier alpha value is -0.830. The van der Waals surface area contributed by atoms with E-state index in [-0.39, 0.29) is 6.10 Å². The Bertz CT molecular complexity index is 353. The summed E-state index contributed by atoms with van der Waals surface area (Å²) in [4.78, 5) is 4.30. The molecule has 1 fully saturated rings. The zero-order chi connectivity index (χ0) is 13.0. The first-order valence-electron chi connectivity index (χ1n) is 7.35. The van der Waals surface area contributed by atoms with E-state index in [1.165, 1.54) is 38.5 Å². The minimum atomic E-state index is -0.214. The maximum atomic E-state index is 10.3. The van der Waals surface area contributed by atoms with E-state index >= 15 is 0 Å². The van der Waals surface area contributed by atoms with Crippen molar-refractivity contribution in [2.75, 3.05) is 0 Å². The summed E-state index contributed by atoms with van der Waals surface area (Å²) in [7, 11) is 1.99. The van der Waals surface area contributed by atoms with Crippen LogP contribution in [0, 0.1) is 11.8 Å². The van der Waals surface area contributed by atoms with Crippen LogP contribution in [-0.2, 0) is 13.5 Å². The quantitative estimate of drug-likeness (QED) is 0.872. The van der Waals surface area contributed by atoms with E-state index in [1.54, 1.807) is 6.20 Å². The third kappa shape index (κ3) is 3.35. The fourth-order valence-electron chi connectivity index (χ4n) is 3.22. The summed E-state index contributed by atoms with van der Waals surface area (Å²) in [5.74, 6) is 2.39. The Kier molecular flexibility index (Phi) is 4.81. The third-order valence-electron chi connectivity index (χ3n) is 4.45. The van der Waals surface area contributed by atoms with Crippen LogP contribution < -0.4 is 0 Å². The van der Waals surface area contributed by atoms with Crippen molar-refractivity contribution < 1.29 is 5.11 Å². The van der Waals surface area contributed by atoms with Crippen LogP contribution in [0.1, 0.15) is 51.3 Å². The van der Waals surface area contributed by atoms with Crippen molar-refractivity contribution in [3.8, 4) is 0 Å². The van der Waals surface area contributed by atoms with Gasteiger partial charge in [0.25, 0.3) is 0 Å². The van der Waals surface area contributed by atoms with Gasteiger partial charge in [0.1, 0.15) is 5.82 Å². The molecule has 1 aliphatic carbocycles. The van der Waals surface area contributed by atoms with Crippen molar-refractivity contribution in [1.29, 1.82) is 0 Å². The SMILES string of the molecule is CCCC1CCC(C(O)Cc2nccn2C)CC1. The molecule has 1 heterocycles. The summed E-state index contributed by atoms with van der Waals surface area (Å²) in [6.07, 6.45) is 11.9. The van der Waals surface area contributed by atoms with Crippen molar-refractivity contribution in [2.24, 2.45) is 18.9 Å². The molecule has 0 amide bonds. The Balaban J connectivity index is 1.80. The summed E-state index contributed by atoms with van der Waals surface area (Å²) in [5.41, 5.74) is 0. The summed E-state index contributed by atoms with van der Waals surface area (Å²) in [5, 5.41) is 10.3. The van der Waals surface area contributed by atoms with Crippen LogP contribution in [0.4, 0.5) is 0 Å². The van der Waals surface area contributed by atoms with Gasteiger partial charge in [0.2, 0.25) is 0 Å². The van der Waals surface area contributed by atoms with E-state index in [1.807, 2.05) is 17.8 Å². The van der Waals surface area contributed by atoms with Gasteiger partial charge >= 0.3 is 0 Å². The second kappa shape index (κ2) is 6.37. The van der Waals surface area contributed by atoms with Crippen molar-refractivity contribution in [3.05, 3.63) is 18.2 Å². The van der Waals surface area contributed by atoms with Gasteiger partial charge in [-0.3, -0.25) is 0 Å². The molecular formula is C15H26N2O. The summed E-state index contributed by atoms with van der Waals surface area (Å²) >= 11 is 0. The molecule has 0 spiro atoms. The molecule has 1 atom stereocenters. The van der Waals surface area contributed by atoms with Crippen LogP contribution in [0.2, 0.25) is 0 Å². The molecule has 3 heteroatoms. The van der Waals surface area contributed by atoms with Gasteiger partial charge in [-0.2, -0.15) is 0 Å². The van der Waals surface area contributed by atoms with Crippen LogP contribution in [0.3, 0.4) is 0 Å². The first-order valence-corrected chi connectivity index (χ1v) is 7.35. The topological polar surface area (TPSA) is 38.1 Å². The predicted molar refractivity (Wildman–Crippen MR) is 73.3 cm³/mol. The van der Waals surface area contributed by atoms with Gasteiger partial charge in [-0.05, 0) is 24.7 Å². The van der Waals surface area contributed by atoms with Gasteiger partial charge in [0.05, 0.1) is 6.10 Å². The standard InChI is InChI=1S/C15H26N2O/c1-3-4-12-5-7-13(8-6-12)14(18)11-15-16-9-10-17(15)2/h9-10,12-14,18H,3-8,11H2,1-2H3. The molecule has 0 aromatic carbocycles. The Morgan fingerprint density at radius 1 is 1.39 bits per heavy atom. The number of nitrogens with zero attached hydrogens (tertiary/aromatic N) is 2. The highest BCUT2D eigenvalue weighted by molar-refractivity contribution is 4.94. The highest BCUT2D eigenvalue weighted by Gasteiger charge is 2.26. The van der Waals surface area contributed by atoms with E-state index in [0.29, 0.717) is 12.3 Å². The van der Waals surface area contributed by atoms with Crippen LogP contribution in [-0.4, -0.2) is 20.8 Å². The average Bonchev–Trinajstić information content (AvgIpc) is 2.76. The molecule has 0 saturated heterocycles. The maximum absolute atomic E-state index is 10.3. The van der Waals surface area contributed by atoms with Crippen molar-refractivity contribution in [3.63, 3.8) is 0 Å². The minimum Gasteiger partial charge on any atom is -0.392 e. The maximum Gasteiger partial charge on any atom is 0.110 e. The van der Waals surface area contributed by atoms with E-state index in [4.69, 9.17) is 0 Å². The predicted octanol–water partition coefficient (Wildman–Crippen LogP) is 2.93. The van der Waals surface area contributed by atoms with E-state index in [9.17, 15) is 5.11 Å². The summed E-state index contributed by atoms with van der Waals surface area (Å²) in [6, 6.07) is 0. The summed E-state index contributed by atoms with van der Waals surface area (Å²) < 4.78 is 2.01. The molecule has 1 aromatic heterocycles. The van der Waals surface area contributed by atoms with Crippen LogP contribution in [0.15, 0.2) is 12.4 Å². The summed E-state index contributed by atoms with van der Waals surface area (Å²) in [6.45, 7) is 2.27. The second-order valence-corrected chi connectivity index (χ2v) is 5.80. The Morgan fingerprint density at radius 2 is 2.11 bits per heavy atom. The lowest BCUT2D eigenvalue weighted by Crippen LogP contribution is -2.28. The number of rotatable bonds is 5. The number of hydrogen-bond donors (Lipinski definition) is 1. The van der Waals surface area contributed by atoms with Gasteiger partial charge in [0, 0.05) is 25.9 Å². The van der Waals surface area contributed by atoms with Gasteiger partial charge in [0.15, 0.2) is 0 Å². The smallest absolute Gasteiger partial charge is 0.110 e.